The molecule has 3 heterocycles. The van der Waals surface area contributed by atoms with Crippen molar-refractivity contribution >= 4 is 33.1 Å². The maximum absolute atomic E-state index is 5.74. The topological polar surface area (TPSA) is 71.4 Å². The number of methoxy groups -OCH3 is 2. The van der Waals surface area contributed by atoms with E-state index in [4.69, 9.17) is 24.5 Å². The van der Waals surface area contributed by atoms with Crippen LogP contribution < -0.4 is 15.1 Å². The normalized spacial score (nSPS) is 12.0. The summed E-state index contributed by atoms with van der Waals surface area (Å²) in [5.74, 6) is 2.55. The number of aromatic nitrogens is 5. The summed E-state index contributed by atoms with van der Waals surface area (Å²) in [6, 6.07) is 25.6. The number of imidazole rings is 1. The van der Waals surface area contributed by atoms with Gasteiger partial charge in [-0.25, -0.2) is 14.6 Å². The monoisotopic (exact) mass is 680 g/mol. The van der Waals surface area contributed by atoms with Gasteiger partial charge in [0.2, 0.25) is 5.62 Å². The smallest absolute Gasteiger partial charge is 0.240 e. The molecule has 8 heteroatoms. The SMILES string of the molecule is COc1ccc2c(c1)c1cc(OC)ccc1n2N=c1n(-c2c(C(C)C)cccc2C(C)C)c2nccnc2n1-c1c(C(C)C)cccc1C(C)C. The maximum Gasteiger partial charge on any atom is 0.240 e. The lowest BCUT2D eigenvalue weighted by Gasteiger charge is -2.22. The van der Waals surface area contributed by atoms with Crippen LogP contribution in [0.1, 0.15) is 101 Å². The summed E-state index contributed by atoms with van der Waals surface area (Å²) in [5, 5.41) is 7.78. The van der Waals surface area contributed by atoms with E-state index in [0.29, 0.717) is 5.62 Å². The first-order chi connectivity index (χ1) is 24.5. The average molecular weight is 681 g/mol. The molecule has 0 N–H and O–H groups in total. The van der Waals surface area contributed by atoms with Crippen molar-refractivity contribution in [3.05, 3.63) is 113 Å². The number of benzene rings is 4. The highest BCUT2D eigenvalue weighted by Gasteiger charge is 2.27. The summed E-state index contributed by atoms with van der Waals surface area (Å²) >= 11 is 0. The first kappa shape index (κ1) is 34.1. The van der Waals surface area contributed by atoms with Crippen LogP contribution in [-0.4, -0.2) is 38.0 Å². The van der Waals surface area contributed by atoms with Crippen molar-refractivity contribution in [3.8, 4) is 22.9 Å². The maximum atomic E-state index is 5.74. The largest absolute Gasteiger partial charge is 0.497 e. The molecule has 51 heavy (non-hydrogen) atoms. The van der Waals surface area contributed by atoms with E-state index < -0.39 is 0 Å². The highest BCUT2D eigenvalue weighted by molar-refractivity contribution is 6.09. The molecule has 8 nitrogen and oxygen atoms in total. The van der Waals surface area contributed by atoms with Crippen LogP contribution in [0.4, 0.5) is 0 Å². The molecule has 0 spiro atoms. The number of hydrogen-bond acceptors (Lipinski definition) is 5. The molecule has 0 saturated heterocycles. The molecule has 0 amide bonds. The number of rotatable bonds is 9. The van der Waals surface area contributed by atoms with E-state index in [1.54, 1.807) is 26.6 Å². The molecule has 0 aliphatic heterocycles. The van der Waals surface area contributed by atoms with E-state index in [1.165, 1.54) is 22.3 Å². The lowest BCUT2D eigenvalue weighted by atomic mass is 9.92. The predicted molar refractivity (Wildman–Crippen MR) is 208 cm³/mol. The molecule has 7 aromatic rings. The second-order valence-corrected chi connectivity index (χ2v) is 14.5. The molecule has 262 valence electrons. The molecule has 7 rings (SSSR count). The summed E-state index contributed by atoms with van der Waals surface area (Å²) in [6.07, 6.45) is 3.58. The van der Waals surface area contributed by atoms with Gasteiger partial charge in [-0.05, 0) is 82.3 Å². The first-order valence-electron chi connectivity index (χ1n) is 18.0. The van der Waals surface area contributed by atoms with Crippen LogP contribution in [0.15, 0.2) is 90.3 Å². The minimum atomic E-state index is 0.247. The Labute approximate surface area is 300 Å². The van der Waals surface area contributed by atoms with Crippen LogP contribution in [0.25, 0.3) is 44.5 Å². The van der Waals surface area contributed by atoms with Crippen LogP contribution in [0, 0.1) is 0 Å². The Morgan fingerprint density at radius 2 is 0.902 bits per heavy atom. The van der Waals surface area contributed by atoms with Crippen LogP contribution in [0.5, 0.6) is 11.5 Å². The molecular weight excluding hydrogens is 633 g/mol. The van der Waals surface area contributed by atoms with Gasteiger partial charge in [0.25, 0.3) is 0 Å². The molecule has 0 aliphatic carbocycles. The zero-order chi connectivity index (χ0) is 36.1. The highest BCUT2D eigenvalue weighted by atomic mass is 16.5. The van der Waals surface area contributed by atoms with Crippen molar-refractivity contribution in [1.82, 2.24) is 23.8 Å². The van der Waals surface area contributed by atoms with Crippen molar-refractivity contribution < 1.29 is 9.47 Å². The van der Waals surface area contributed by atoms with Crippen LogP contribution in [0.3, 0.4) is 0 Å². The van der Waals surface area contributed by atoms with Gasteiger partial charge in [-0.3, -0.25) is 9.13 Å². The summed E-state index contributed by atoms with van der Waals surface area (Å²) in [4.78, 5) is 10.2. The molecular formula is C43H48N6O2. The molecule has 0 fully saturated rings. The molecule has 0 bridgehead atoms. The highest BCUT2D eigenvalue weighted by Crippen LogP contribution is 2.37. The molecule has 3 aromatic heterocycles. The van der Waals surface area contributed by atoms with Gasteiger partial charge in [0.05, 0.1) is 36.6 Å². The first-order valence-corrected chi connectivity index (χ1v) is 18.0. The van der Waals surface area contributed by atoms with Gasteiger partial charge < -0.3 is 9.47 Å². The predicted octanol–water partition coefficient (Wildman–Crippen LogP) is 10.2. The third-order valence-electron chi connectivity index (χ3n) is 9.96. The van der Waals surface area contributed by atoms with Gasteiger partial charge in [-0.2, -0.15) is 0 Å². The van der Waals surface area contributed by atoms with Crippen LogP contribution in [-0.2, 0) is 0 Å². The second kappa shape index (κ2) is 13.4. The Hall–Kier alpha value is -5.37. The Morgan fingerprint density at radius 3 is 1.24 bits per heavy atom. The van der Waals surface area contributed by atoms with Gasteiger partial charge in [0, 0.05) is 23.2 Å². The summed E-state index contributed by atoms with van der Waals surface area (Å²) in [6.45, 7) is 18.0. The summed E-state index contributed by atoms with van der Waals surface area (Å²) < 4.78 is 18.0. The van der Waals surface area contributed by atoms with Crippen molar-refractivity contribution in [2.45, 2.75) is 79.1 Å². The van der Waals surface area contributed by atoms with Crippen molar-refractivity contribution in [2.75, 3.05) is 14.2 Å². The standard InChI is InChI=1S/C43H48N6O2/c1-25(2)31-13-11-14-32(26(3)4)39(31)47-41-42(45-22-21-44-41)48(40-33(27(5)6)15-12-16-34(40)28(7)8)43(47)46-49-37-19-17-29(50-9)23-35(37)36-24-30(51-10)18-20-38(36)49/h11-28H,1-10H3. The quantitative estimate of drug-likeness (QED) is 0.152. The average Bonchev–Trinajstić information content (AvgIpc) is 3.61. The molecule has 0 radical (unpaired) electrons. The van der Waals surface area contributed by atoms with Gasteiger partial charge in [-0.15, -0.1) is 5.10 Å². The molecule has 0 saturated carbocycles. The zero-order valence-corrected chi connectivity index (χ0v) is 31.4. The molecule has 0 aliphatic rings. The van der Waals surface area contributed by atoms with Gasteiger partial charge in [0.15, 0.2) is 11.3 Å². The van der Waals surface area contributed by atoms with E-state index >= 15 is 0 Å². The Morgan fingerprint density at radius 1 is 0.529 bits per heavy atom. The molecule has 0 unspecified atom stereocenters. The molecule has 0 atom stereocenters. The number of para-hydroxylation sites is 2. The zero-order valence-electron chi connectivity index (χ0n) is 31.4. The van der Waals surface area contributed by atoms with E-state index in [2.05, 4.69) is 130 Å². The lowest BCUT2D eigenvalue weighted by Crippen LogP contribution is -2.29. The Kier molecular flexibility index (Phi) is 8.96. The fourth-order valence-electron chi connectivity index (χ4n) is 7.38. The van der Waals surface area contributed by atoms with E-state index in [1.807, 2.05) is 12.1 Å². The summed E-state index contributed by atoms with van der Waals surface area (Å²) in [5.41, 5.74) is 11.2. The van der Waals surface area contributed by atoms with Crippen LogP contribution in [0.2, 0.25) is 0 Å². The van der Waals surface area contributed by atoms with Gasteiger partial charge >= 0.3 is 0 Å². The Bertz CT molecular complexity index is 2260. The lowest BCUT2D eigenvalue weighted by molar-refractivity contribution is 0.415. The number of fused-ring (bicyclic) bond motifs is 4. The summed E-state index contributed by atoms with van der Waals surface area (Å²) in [7, 11) is 3.40. The minimum Gasteiger partial charge on any atom is -0.497 e. The fraction of sp³-hybridized carbons (Fsp3) is 0.326. The number of hydrogen-bond donors (Lipinski definition) is 0. The van der Waals surface area contributed by atoms with Crippen molar-refractivity contribution in [3.63, 3.8) is 0 Å². The molecule has 4 aromatic carbocycles. The third kappa shape index (κ3) is 5.67. The van der Waals surface area contributed by atoms with Crippen molar-refractivity contribution in [2.24, 2.45) is 5.10 Å². The minimum absolute atomic E-state index is 0.247. The Balaban J connectivity index is 1.78. The van der Waals surface area contributed by atoms with Gasteiger partial charge in [-0.1, -0.05) is 91.8 Å². The third-order valence-corrected chi connectivity index (χ3v) is 9.96. The van der Waals surface area contributed by atoms with Crippen LogP contribution >= 0.6 is 0 Å². The van der Waals surface area contributed by atoms with Gasteiger partial charge in [0.1, 0.15) is 11.5 Å². The van der Waals surface area contributed by atoms with E-state index in [0.717, 1.165) is 56.0 Å². The van der Waals surface area contributed by atoms with Crippen molar-refractivity contribution in [1.29, 1.82) is 0 Å². The van der Waals surface area contributed by atoms with E-state index in [9.17, 15) is 0 Å². The number of ether oxygens (including phenoxy) is 2. The number of nitrogens with zero attached hydrogens (tertiary/aromatic N) is 6. The fourth-order valence-corrected chi connectivity index (χ4v) is 7.38. The second-order valence-electron chi connectivity index (χ2n) is 14.5. The van der Waals surface area contributed by atoms with E-state index in [-0.39, 0.29) is 23.7 Å².